The maximum atomic E-state index is 12.4. The van der Waals surface area contributed by atoms with E-state index in [9.17, 15) is 14.7 Å². The molecule has 0 saturated carbocycles. The van der Waals surface area contributed by atoms with Crippen LogP contribution in [0.1, 0.15) is 31.7 Å². The summed E-state index contributed by atoms with van der Waals surface area (Å²) in [4.78, 5) is 27.6. The van der Waals surface area contributed by atoms with E-state index < -0.39 is 0 Å². The molecule has 6 heteroatoms. The van der Waals surface area contributed by atoms with E-state index in [1.165, 1.54) is 9.13 Å². The maximum Gasteiger partial charge on any atom is 0.332 e. The molecule has 1 atom stereocenters. The van der Waals surface area contributed by atoms with Crippen LogP contribution in [0.3, 0.4) is 0 Å². The summed E-state index contributed by atoms with van der Waals surface area (Å²) in [6.45, 7) is 3.97. The van der Waals surface area contributed by atoms with Crippen LogP contribution in [0.4, 0.5) is 0 Å². The fourth-order valence-corrected chi connectivity index (χ4v) is 2.45. The molecule has 0 saturated heterocycles. The van der Waals surface area contributed by atoms with Gasteiger partial charge in [-0.05, 0) is 38.7 Å². The van der Waals surface area contributed by atoms with Gasteiger partial charge in [0.15, 0.2) is 0 Å². The Morgan fingerprint density at radius 3 is 2.70 bits per heavy atom. The van der Waals surface area contributed by atoms with Crippen molar-refractivity contribution in [2.75, 3.05) is 0 Å². The summed E-state index contributed by atoms with van der Waals surface area (Å²) in [5.74, 6) is 0. The third kappa shape index (κ3) is 2.56. The number of H-pyrrole nitrogens is 1. The second-order valence-corrected chi connectivity index (χ2v) is 5.34. The first-order valence-electron chi connectivity index (χ1n) is 6.89. The highest BCUT2D eigenvalue weighted by Gasteiger charge is 2.13. The molecule has 0 bridgehead atoms. The van der Waals surface area contributed by atoms with E-state index in [4.69, 9.17) is 0 Å². The van der Waals surface area contributed by atoms with Crippen LogP contribution in [-0.4, -0.2) is 25.3 Å². The smallest absolute Gasteiger partial charge is 0.332 e. The molecule has 0 spiro atoms. The van der Waals surface area contributed by atoms with Gasteiger partial charge in [0.2, 0.25) is 0 Å². The van der Waals surface area contributed by atoms with E-state index in [2.05, 4.69) is 4.98 Å². The van der Waals surface area contributed by atoms with Crippen LogP contribution in [0.5, 0.6) is 0 Å². The minimum absolute atomic E-state index is 0.237. The number of nitrogens with one attached hydrogen (secondary N) is 1. The van der Waals surface area contributed by atoms with Gasteiger partial charge in [0.05, 0.1) is 11.5 Å². The fourth-order valence-electron chi connectivity index (χ4n) is 2.45. The highest BCUT2D eigenvalue weighted by molar-refractivity contribution is 5.78. The topological polar surface area (TPSA) is 80.0 Å². The lowest BCUT2D eigenvalue weighted by Gasteiger charge is -2.09. The molecule has 2 aromatic heterocycles. The molecule has 0 aliphatic rings. The van der Waals surface area contributed by atoms with E-state index >= 15 is 0 Å². The van der Waals surface area contributed by atoms with Crippen molar-refractivity contribution < 1.29 is 5.11 Å². The minimum Gasteiger partial charge on any atom is -0.393 e. The average molecular weight is 279 g/mol. The standard InChI is InChI=1S/C14H21N3O3/c1-9-8-15-12-11(9)13(19)17(14(20)16(12)3)7-5-4-6-10(2)18/h8,10,15,18H,4-7H2,1-3H3. The van der Waals surface area contributed by atoms with E-state index in [0.717, 1.165) is 12.0 Å². The van der Waals surface area contributed by atoms with Gasteiger partial charge in [-0.2, -0.15) is 0 Å². The summed E-state index contributed by atoms with van der Waals surface area (Å²) in [6.07, 6.45) is 3.57. The summed E-state index contributed by atoms with van der Waals surface area (Å²) in [5, 5.41) is 9.79. The van der Waals surface area contributed by atoms with Gasteiger partial charge in [-0.1, -0.05) is 0 Å². The number of fused-ring (bicyclic) bond motifs is 1. The Morgan fingerprint density at radius 2 is 2.05 bits per heavy atom. The summed E-state index contributed by atoms with van der Waals surface area (Å²) in [5.41, 5.74) is 0.872. The van der Waals surface area contributed by atoms with Crippen molar-refractivity contribution in [2.24, 2.45) is 7.05 Å². The molecule has 2 rings (SSSR count). The largest absolute Gasteiger partial charge is 0.393 e. The SMILES string of the molecule is Cc1c[nH]c2c1c(=O)n(CCCCC(C)O)c(=O)n2C. The highest BCUT2D eigenvalue weighted by atomic mass is 16.3. The van der Waals surface area contributed by atoms with E-state index in [1.807, 2.05) is 6.92 Å². The highest BCUT2D eigenvalue weighted by Crippen LogP contribution is 2.10. The second-order valence-electron chi connectivity index (χ2n) is 5.34. The number of aliphatic hydroxyl groups is 1. The molecule has 0 amide bonds. The maximum absolute atomic E-state index is 12.4. The third-order valence-corrected chi connectivity index (χ3v) is 3.62. The van der Waals surface area contributed by atoms with Crippen LogP contribution < -0.4 is 11.2 Å². The van der Waals surface area contributed by atoms with Crippen LogP contribution >= 0.6 is 0 Å². The Labute approximate surface area is 116 Å². The van der Waals surface area contributed by atoms with Gasteiger partial charge in [-0.3, -0.25) is 13.9 Å². The zero-order valence-corrected chi connectivity index (χ0v) is 12.1. The van der Waals surface area contributed by atoms with Crippen molar-refractivity contribution in [2.45, 2.75) is 45.8 Å². The van der Waals surface area contributed by atoms with Gasteiger partial charge in [0.1, 0.15) is 5.65 Å². The number of aromatic nitrogens is 3. The molecule has 2 N–H and O–H groups in total. The minimum atomic E-state index is -0.344. The Balaban J connectivity index is 2.36. The first-order chi connectivity index (χ1) is 9.43. The zero-order valence-electron chi connectivity index (χ0n) is 12.1. The lowest BCUT2D eigenvalue weighted by Crippen LogP contribution is -2.39. The summed E-state index contributed by atoms with van der Waals surface area (Å²) >= 11 is 0. The molecule has 0 aromatic carbocycles. The zero-order chi connectivity index (χ0) is 14.9. The van der Waals surface area contributed by atoms with Gasteiger partial charge < -0.3 is 10.1 Å². The lowest BCUT2D eigenvalue weighted by atomic mass is 10.2. The molecule has 1 unspecified atom stereocenters. The Hall–Kier alpha value is -1.82. The normalized spacial score (nSPS) is 13.0. The number of hydrogen-bond donors (Lipinski definition) is 2. The molecule has 0 radical (unpaired) electrons. The van der Waals surface area contributed by atoms with E-state index in [0.29, 0.717) is 30.4 Å². The second kappa shape index (κ2) is 5.66. The van der Waals surface area contributed by atoms with Gasteiger partial charge >= 0.3 is 5.69 Å². The third-order valence-electron chi connectivity index (χ3n) is 3.62. The van der Waals surface area contributed by atoms with Gasteiger partial charge in [-0.25, -0.2) is 4.79 Å². The first kappa shape index (κ1) is 14.6. The molecular weight excluding hydrogens is 258 g/mol. The van der Waals surface area contributed by atoms with Crippen molar-refractivity contribution in [1.82, 2.24) is 14.1 Å². The van der Waals surface area contributed by atoms with Gasteiger partial charge in [0.25, 0.3) is 5.56 Å². The Morgan fingerprint density at radius 1 is 1.35 bits per heavy atom. The Kier molecular flexibility index (Phi) is 4.13. The molecule has 0 aliphatic carbocycles. The summed E-state index contributed by atoms with van der Waals surface area (Å²) < 4.78 is 2.75. The van der Waals surface area contributed by atoms with Gasteiger partial charge in [-0.15, -0.1) is 0 Å². The van der Waals surface area contributed by atoms with E-state index in [-0.39, 0.29) is 17.4 Å². The first-order valence-corrected chi connectivity index (χ1v) is 6.89. The molecule has 110 valence electrons. The number of aliphatic hydroxyl groups excluding tert-OH is 1. The van der Waals surface area contributed by atoms with Crippen molar-refractivity contribution in [3.05, 3.63) is 32.6 Å². The molecule has 0 aliphatic heterocycles. The number of unbranched alkanes of at least 4 members (excludes halogenated alkanes) is 1. The fraction of sp³-hybridized carbons (Fsp3) is 0.571. The van der Waals surface area contributed by atoms with E-state index in [1.54, 1.807) is 20.2 Å². The number of aryl methyl sites for hydroxylation is 2. The molecule has 2 aromatic rings. The number of hydrogen-bond acceptors (Lipinski definition) is 3. The predicted molar refractivity (Wildman–Crippen MR) is 78.1 cm³/mol. The molecule has 0 fully saturated rings. The molecule has 2 heterocycles. The number of nitrogens with zero attached hydrogens (tertiary/aromatic N) is 2. The van der Waals surface area contributed by atoms with Crippen LogP contribution in [0, 0.1) is 6.92 Å². The van der Waals surface area contributed by atoms with Crippen LogP contribution in [0.15, 0.2) is 15.8 Å². The van der Waals surface area contributed by atoms with Crippen molar-refractivity contribution in [3.8, 4) is 0 Å². The summed E-state index contributed by atoms with van der Waals surface area (Å²) in [7, 11) is 1.66. The molecular formula is C14H21N3O3. The lowest BCUT2D eigenvalue weighted by molar-refractivity contribution is 0.180. The predicted octanol–water partition coefficient (Wildman–Crippen LogP) is 0.888. The van der Waals surface area contributed by atoms with Crippen LogP contribution in [0.2, 0.25) is 0 Å². The molecule has 20 heavy (non-hydrogen) atoms. The van der Waals surface area contributed by atoms with Crippen molar-refractivity contribution in [3.63, 3.8) is 0 Å². The van der Waals surface area contributed by atoms with Crippen LogP contribution in [0.25, 0.3) is 11.0 Å². The molecule has 6 nitrogen and oxygen atoms in total. The monoisotopic (exact) mass is 279 g/mol. The summed E-state index contributed by atoms with van der Waals surface area (Å²) in [6, 6.07) is 0. The van der Waals surface area contributed by atoms with Crippen molar-refractivity contribution in [1.29, 1.82) is 0 Å². The Bertz CT molecular complexity index is 722. The average Bonchev–Trinajstić information content (AvgIpc) is 2.77. The quantitative estimate of drug-likeness (QED) is 0.798. The number of rotatable bonds is 5. The van der Waals surface area contributed by atoms with Gasteiger partial charge in [0, 0.05) is 19.8 Å². The number of aromatic amines is 1. The van der Waals surface area contributed by atoms with Crippen molar-refractivity contribution >= 4 is 11.0 Å². The van der Waals surface area contributed by atoms with Crippen LogP contribution in [-0.2, 0) is 13.6 Å².